The van der Waals surface area contributed by atoms with Crippen molar-refractivity contribution in [2.45, 2.75) is 97.2 Å². The molecule has 2 aromatic heterocycles. The van der Waals surface area contributed by atoms with E-state index in [9.17, 15) is 4.79 Å². The zero-order chi connectivity index (χ0) is 27.5. The molecule has 9 nitrogen and oxygen atoms in total. The van der Waals surface area contributed by atoms with Crippen LogP contribution in [0.4, 0.5) is 0 Å². The smallest absolute Gasteiger partial charge is 0.305 e. The average molecular weight is 542 g/mol. The van der Waals surface area contributed by atoms with Gasteiger partial charge >= 0.3 is 5.97 Å². The summed E-state index contributed by atoms with van der Waals surface area (Å²) in [5.74, 6) is 1.83. The molecular weight excluding hydrogens is 490 g/mol. The van der Waals surface area contributed by atoms with Crippen LogP contribution in [0.5, 0.6) is 0 Å². The van der Waals surface area contributed by atoms with E-state index in [2.05, 4.69) is 54.7 Å². The second-order valence-corrected chi connectivity index (χ2v) is 11.5. The first-order valence-corrected chi connectivity index (χ1v) is 15.4. The summed E-state index contributed by atoms with van der Waals surface area (Å²) < 4.78 is 7.35. The highest BCUT2D eigenvalue weighted by Crippen LogP contribution is 2.41. The van der Waals surface area contributed by atoms with Crippen molar-refractivity contribution in [2.75, 3.05) is 45.9 Å². The molecule has 1 unspecified atom stereocenters. The summed E-state index contributed by atoms with van der Waals surface area (Å²) in [7, 11) is 0. The number of aryl methyl sites for hydroxylation is 1. The molecule has 1 spiro atoms. The fraction of sp³-hybridized carbons (Fsp3) is 0.767. The summed E-state index contributed by atoms with van der Waals surface area (Å²) in [6, 6.07) is 0.795. The van der Waals surface area contributed by atoms with E-state index in [1.807, 2.05) is 19.3 Å². The molecule has 0 aromatic carbocycles. The van der Waals surface area contributed by atoms with Crippen LogP contribution in [-0.4, -0.2) is 87.2 Å². The minimum Gasteiger partial charge on any atom is -0.466 e. The monoisotopic (exact) mass is 541 g/mol. The SMILES string of the molecule is CCOC(=O)CCCNC(Cc1nccn1CCCN1CCC2(CCN(C(CC)CC)CC2)C1)c1ncc[nH]1. The third kappa shape index (κ3) is 8.38. The molecule has 2 aliphatic heterocycles. The number of rotatable bonds is 16. The molecule has 2 fully saturated rings. The highest BCUT2D eigenvalue weighted by atomic mass is 16.5. The number of H-pyrrole nitrogens is 1. The number of piperidine rings is 1. The standard InChI is InChI=1S/C30H51N7O2/c1-4-25(5-2)36-20-11-30(12-21-36)10-19-35(24-30)17-8-18-37-22-16-32-27(37)23-26(29-33-14-15-34-29)31-13-7-9-28(38)39-6-3/h14-16,22,25-26,31H,4-13,17-21,23-24H2,1-3H3,(H,33,34). The number of hydrogen-bond acceptors (Lipinski definition) is 7. The van der Waals surface area contributed by atoms with Gasteiger partial charge in [-0.15, -0.1) is 0 Å². The largest absolute Gasteiger partial charge is 0.466 e. The quantitative estimate of drug-likeness (QED) is 0.243. The Balaban J connectivity index is 1.22. The molecular formula is C30H51N7O2. The Kier molecular flexibility index (Phi) is 11.4. The summed E-state index contributed by atoms with van der Waals surface area (Å²) in [5, 5.41) is 3.57. The van der Waals surface area contributed by atoms with Gasteiger partial charge in [-0.2, -0.15) is 0 Å². The number of esters is 1. The Morgan fingerprint density at radius 1 is 1.08 bits per heavy atom. The third-order valence-corrected chi connectivity index (χ3v) is 9.00. The maximum atomic E-state index is 11.7. The Morgan fingerprint density at radius 2 is 1.87 bits per heavy atom. The van der Waals surface area contributed by atoms with Gasteiger partial charge in [0.05, 0.1) is 12.6 Å². The van der Waals surface area contributed by atoms with Crippen molar-refractivity contribution < 1.29 is 9.53 Å². The molecule has 2 aromatic rings. The maximum absolute atomic E-state index is 11.7. The van der Waals surface area contributed by atoms with Gasteiger partial charge in [-0.3, -0.25) is 4.79 Å². The van der Waals surface area contributed by atoms with E-state index >= 15 is 0 Å². The minimum absolute atomic E-state index is 0.0210. The topological polar surface area (TPSA) is 91.3 Å². The molecule has 218 valence electrons. The Hall–Kier alpha value is -2.23. The van der Waals surface area contributed by atoms with Gasteiger partial charge in [0, 0.05) is 56.8 Å². The summed E-state index contributed by atoms with van der Waals surface area (Å²) in [5.41, 5.74) is 0.553. The molecule has 9 heteroatoms. The van der Waals surface area contributed by atoms with Gasteiger partial charge in [-0.25, -0.2) is 9.97 Å². The first-order valence-electron chi connectivity index (χ1n) is 15.4. The molecule has 0 aliphatic carbocycles. The van der Waals surface area contributed by atoms with Crippen molar-refractivity contribution in [1.29, 1.82) is 0 Å². The lowest BCUT2D eigenvalue weighted by Gasteiger charge is -2.42. The van der Waals surface area contributed by atoms with Gasteiger partial charge in [-0.1, -0.05) is 13.8 Å². The van der Waals surface area contributed by atoms with E-state index in [1.165, 1.54) is 58.3 Å². The van der Waals surface area contributed by atoms with E-state index in [-0.39, 0.29) is 12.0 Å². The van der Waals surface area contributed by atoms with E-state index in [0.717, 1.165) is 56.6 Å². The van der Waals surface area contributed by atoms with Gasteiger partial charge < -0.3 is 29.4 Å². The Bertz CT molecular complexity index is 964. The van der Waals surface area contributed by atoms with Crippen molar-refractivity contribution in [3.05, 3.63) is 36.4 Å². The first kappa shape index (κ1) is 29.7. The van der Waals surface area contributed by atoms with Gasteiger partial charge in [0.15, 0.2) is 0 Å². The maximum Gasteiger partial charge on any atom is 0.305 e. The first-order chi connectivity index (χ1) is 19.1. The third-order valence-electron chi connectivity index (χ3n) is 9.00. The average Bonchev–Trinajstić information content (AvgIpc) is 3.71. The van der Waals surface area contributed by atoms with Crippen LogP contribution in [0.1, 0.15) is 89.8 Å². The molecule has 4 heterocycles. The fourth-order valence-electron chi connectivity index (χ4n) is 6.65. The van der Waals surface area contributed by atoms with Crippen LogP contribution < -0.4 is 5.32 Å². The van der Waals surface area contributed by atoms with Crippen LogP contribution in [-0.2, 0) is 22.5 Å². The second kappa shape index (κ2) is 15.0. The normalized spacial score (nSPS) is 18.8. The second-order valence-electron chi connectivity index (χ2n) is 11.5. The van der Waals surface area contributed by atoms with Crippen LogP contribution in [0, 0.1) is 5.41 Å². The van der Waals surface area contributed by atoms with E-state index < -0.39 is 0 Å². The van der Waals surface area contributed by atoms with Crippen molar-refractivity contribution in [1.82, 2.24) is 34.6 Å². The number of nitrogens with zero attached hydrogens (tertiary/aromatic N) is 5. The Morgan fingerprint density at radius 3 is 2.59 bits per heavy atom. The molecule has 1 atom stereocenters. The van der Waals surface area contributed by atoms with E-state index in [0.29, 0.717) is 18.4 Å². The van der Waals surface area contributed by atoms with E-state index in [1.54, 1.807) is 6.20 Å². The number of nitrogens with one attached hydrogen (secondary N) is 2. The molecule has 4 rings (SSSR count). The van der Waals surface area contributed by atoms with Crippen LogP contribution in [0.3, 0.4) is 0 Å². The van der Waals surface area contributed by atoms with Crippen molar-refractivity contribution in [2.24, 2.45) is 5.41 Å². The molecule has 2 saturated heterocycles. The number of imidazole rings is 2. The number of aromatic nitrogens is 4. The molecule has 0 bridgehead atoms. The molecule has 2 aliphatic rings. The van der Waals surface area contributed by atoms with Crippen LogP contribution in [0.15, 0.2) is 24.8 Å². The lowest BCUT2D eigenvalue weighted by atomic mass is 9.77. The zero-order valence-corrected chi connectivity index (χ0v) is 24.5. The van der Waals surface area contributed by atoms with Gasteiger partial charge in [0.2, 0.25) is 0 Å². The van der Waals surface area contributed by atoms with Gasteiger partial charge in [0.1, 0.15) is 11.6 Å². The molecule has 0 amide bonds. The number of carbonyl (C=O) groups excluding carboxylic acids is 1. The molecule has 0 saturated carbocycles. The lowest BCUT2D eigenvalue weighted by molar-refractivity contribution is -0.143. The number of ether oxygens (including phenoxy) is 1. The molecule has 39 heavy (non-hydrogen) atoms. The van der Waals surface area contributed by atoms with Crippen LogP contribution in [0.2, 0.25) is 0 Å². The van der Waals surface area contributed by atoms with Crippen LogP contribution >= 0.6 is 0 Å². The lowest BCUT2D eigenvalue weighted by Crippen LogP contribution is -2.45. The summed E-state index contributed by atoms with van der Waals surface area (Å²) in [6.07, 6.45) is 17.4. The van der Waals surface area contributed by atoms with Gasteiger partial charge in [0.25, 0.3) is 0 Å². The number of carbonyl (C=O) groups is 1. The summed E-state index contributed by atoms with van der Waals surface area (Å²) in [4.78, 5) is 29.6. The summed E-state index contributed by atoms with van der Waals surface area (Å²) >= 11 is 0. The minimum atomic E-state index is -0.139. The van der Waals surface area contributed by atoms with Crippen LogP contribution in [0.25, 0.3) is 0 Å². The zero-order valence-electron chi connectivity index (χ0n) is 24.5. The van der Waals surface area contributed by atoms with E-state index in [4.69, 9.17) is 4.74 Å². The number of aromatic amines is 1. The Labute approximate surface area is 235 Å². The predicted octanol–water partition coefficient (Wildman–Crippen LogP) is 4.19. The predicted molar refractivity (Wildman–Crippen MR) is 154 cm³/mol. The highest BCUT2D eigenvalue weighted by Gasteiger charge is 2.40. The van der Waals surface area contributed by atoms with Crippen molar-refractivity contribution >= 4 is 5.97 Å². The van der Waals surface area contributed by atoms with Crippen molar-refractivity contribution in [3.8, 4) is 0 Å². The highest BCUT2D eigenvalue weighted by molar-refractivity contribution is 5.69. The van der Waals surface area contributed by atoms with Crippen molar-refractivity contribution in [3.63, 3.8) is 0 Å². The number of likely N-dealkylation sites (tertiary alicyclic amines) is 2. The van der Waals surface area contributed by atoms with Gasteiger partial charge in [-0.05, 0) is 90.0 Å². The fourth-order valence-corrected chi connectivity index (χ4v) is 6.65. The molecule has 2 N–H and O–H groups in total. The number of hydrogen-bond donors (Lipinski definition) is 2. The molecule has 0 radical (unpaired) electrons. The summed E-state index contributed by atoms with van der Waals surface area (Å²) in [6.45, 7) is 14.9.